The zero-order valence-corrected chi connectivity index (χ0v) is 15.8. The van der Waals surface area contributed by atoms with Crippen molar-refractivity contribution in [3.05, 3.63) is 29.8 Å². The average molecular weight is 363 g/mol. The molecule has 1 aromatic rings. The number of aliphatic carboxylic acids is 1. The van der Waals surface area contributed by atoms with Crippen molar-refractivity contribution in [1.82, 2.24) is 5.32 Å². The minimum atomic E-state index is -0.879. The van der Waals surface area contributed by atoms with Gasteiger partial charge in [0, 0.05) is 19.8 Å². The largest absolute Gasteiger partial charge is 0.483 e. The van der Waals surface area contributed by atoms with Crippen molar-refractivity contribution in [1.29, 1.82) is 0 Å². The summed E-state index contributed by atoms with van der Waals surface area (Å²) in [7, 11) is 0. The lowest BCUT2D eigenvalue weighted by molar-refractivity contribution is -0.145. The van der Waals surface area contributed by atoms with Crippen molar-refractivity contribution in [3.8, 4) is 5.75 Å². The fourth-order valence-electron chi connectivity index (χ4n) is 3.20. The molecule has 0 bridgehead atoms. The van der Waals surface area contributed by atoms with Crippen molar-refractivity contribution < 1.29 is 24.2 Å². The third kappa shape index (κ3) is 5.73. The molecule has 2 N–H and O–H groups in total. The van der Waals surface area contributed by atoms with E-state index in [0.717, 1.165) is 5.56 Å². The molecule has 0 radical (unpaired) electrons. The van der Waals surface area contributed by atoms with Crippen LogP contribution in [0.5, 0.6) is 5.75 Å². The van der Waals surface area contributed by atoms with Gasteiger partial charge in [0.15, 0.2) is 6.61 Å². The number of carbonyl (C=O) groups excluding carboxylic acids is 1. The van der Waals surface area contributed by atoms with Crippen LogP contribution in [-0.2, 0) is 19.7 Å². The first-order chi connectivity index (χ1) is 12.3. The zero-order valence-electron chi connectivity index (χ0n) is 15.8. The molecule has 0 aromatic heterocycles. The number of carboxylic acid groups (broad SMARTS) is 1. The summed E-state index contributed by atoms with van der Waals surface area (Å²) in [5.41, 5.74) is 0.934. The SMILES string of the molecule is CC(C)(C)c1ccccc1OCC(=O)NCC(C(=O)O)C1CCOCC1. The normalized spacial score (nSPS) is 16.7. The Morgan fingerprint density at radius 1 is 1.27 bits per heavy atom. The molecule has 2 rings (SSSR count). The highest BCUT2D eigenvalue weighted by molar-refractivity contribution is 5.78. The summed E-state index contributed by atoms with van der Waals surface area (Å²) >= 11 is 0. The van der Waals surface area contributed by atoms with Crippen LogP contribution in [0.2, 0.25) is 0 Å². The predicted octanol–water partition coefficient (Wildman–Crippen LogP) is 2.61. The number of benzene rings is 1. The van der Waals surface area contributed by atoms with E-state index in [9.17, 15) is 14.7 Å². The van der Waals surface area contributed by atoms with Gasteiger partial charge in [-0.2, -0.15) is 0 Å². The van der Waals surface area contributed by atoms with Crippen LogP contribution in [0.15, 0.2) is 24.3 Å². The van der Waals surface area contributed by atoms with Gasteiger partial charge < -0.3 is 19.9 Å². The maximum absolute atomic E-state index is 12.1. The van der Waals surface area contributed by atoms with E-state index in [1.807, 2.05) is 24.3 Å². The van der Waals surface area contributed by atoms with Gasteiger partial charge in [0.1, 0.15) is 5.75 Å². The van der Waals surface area contributed by atoms with E-state index in [0.29, 0.717) is 31.8 Å². The lowest BCUT2D eigenvalue weighted by Crippen LogP contribution is -2.40. The Kier molecular flexibility index (Phi) is 7.03. The van der Waals surface area contributed by atoms with Crippen molar-refractivity contribution in [3.63, 3.8) is 0 Å². The maximum atomic E-state index is 12.1. The van der Waals surface area contributed by atoms with Crippen molar-refractivity contribution >= 4 is 11.9 Å². The average Bonchev–Trinajstić information content (AvgIpc) is 2.60. The Morgan fingerprint density at radius 3 is 2.54 bits per heavy atom. The molecule has 1 aliphatic rings. The molecule has 1 saturated heterocycles. The van der Waals surface area contributed by atoms with Gasteiger partial charge in [-0.25, -0.2) is 0 Å². The number of amides is 1. The lowest BCUT2D eigenvalue weighted by atomic mass is 9.86. The zero-order chi connectivity index (χ0) is 19.2. The number of carboxylic acids is 1. The number of hydrogen-bond donors (Lipinski definition) is 2. The summed E-state index contributed by atoms with van der Waals surface area (Å²) in [6.45, 7) is 7.39. The summed E-state index contributed by atoms with van der Waals surface area (Å²) in [5, 5.41) is 12.2. The van der Waals surface area contributed by atoms with Crippen molar-refractivity contribution in [2.24, 2.45) is 11.8 Å². The van der Waals surface area contributed by atoms with Crippen LogP contribution >= 0.6 is 0 Å². The highest BCUT2D eigenvalue weighted by Crippen LogP contribution is 2.30. The van der Waals surface area contributed by atoms with E-state index in [4.69, 9.17) is 9.47 Å². The molecular weight excluding hydrogens is 334 g/mol. The Labute approximate surface area is 154 Å². The molecule has 0 aliphatic carbocycles. The molecule has 1 atom stereocenters. The summed E-state index contributed by atoms with van der Waals surface area (Å²) in [6.07, 6.45) is 1.42. The van der Waals surface area contributed by atoms with Gasteiger partial charge in [0.2, 0.25) is 0 Å². The second-order valence-electron chi connectivity index (χ2n) is 7.73. The molecule has 0 saturated carbocycles. The quantitative estimate of drug-likeness (QED) is 0.778. The second kappa shape index (κ2) is 9.03. The van der Waals surface area contributed by atoms with Crippen LogP contribution in [0.1, 0.15) is 39.2 Å². The summed E-state index contributed by atoms with van der Waals surface area (Å²) in [5.74, 6) is -1.08. The minimum Gasteiger partial charge on any atom is -0.483 e. The highest BCUT2D eigenvalue weighted by atomic mass is 16.5. The molecule has 1 heterocycles. The van der Waals surface area contributed by atoms with Gasteiger partial charge >= 0.3 is 5.97 Å². The first-order valence-electron chi connectivity index (χ1n) is 9.08. The molecule has 1 aliphatic heterocycles. The number of hydrogen-bond acceptors (Lipinski definition) is 4. The second-order valence-corrected chi connectivity index (χ2v) is 7.73. The van der Waals surface area contributed by atoms with Crippen LogP contribution in [0, 0.1) is 11.8 Å². The molecule has 6 heteroatoms. The topological polar surface area (TPSA) is 84.9 Å². The van der Waals surface area contributed by atoms with E-state index >= 15 is 0 Å². The van der Waals surface area contributed by atoms with Crippen LogP contribution in [0.3, 0.4) is 0 Å². The minimum absolute atomic E-state index is 0.0316. The molecule has 1 aromatic carbocycles. The van der Waals surface area contributed by atoms with Gasteiger partial charge in [0.05, 0.1) is 5.92 Å². The third-order valence-corrected chi connectivity index (χ3v) is 4.73. The van der Waals surface area contributed by atoms with Crippen LogP contribution in [-0.4, -0.2) is 43.3 Å². The van der Waals surface area contributed by atoms with Gasteiger partial charge in [-0.15, -0.1) is 0 Å². The molecule has 144 valence electrons. The number of rotatable bonds is 7. The highest BCUT2D eigenvalue weighted by Gasteiger charge is 2.30. The Hall–Kier alpha value is -2.08. The van der Waals surface area contributed by atoms with E-state index in [1.165, 1.54) is 0 Å². The monoisotopic (exact) mass is 363 g/mol. The standard InChI is InChI=1S/C20H29NO5/c1-20(2,3)16-6-4-5-7-17(16)26-13-18(22)21-12-15(19(23)24)14-8-10-25-11-9-14/h4-7,14-15H,8-13H2,1-3H3,(H,21,22)(H,23,24). The van der Waals surface area contributed by atoms with Crippen LogP contribution in [0.4, 0.5) is 0 Å². The Bertz CT molecular complexity index is 617. The Balaban J connectivity index is 1.88. The fraction of sp³-hybridized carbons (Fsp3) is 0.600. The smallest absolute Gasteiger partial charge is 0.308 e. The molecule has 1 amide bonds. The molecule has 0 spiro atoms. The van der Waals surface area contributed by atoms with Gasteiger partial charge in [-0.1, -0.05) is 39.0 Å². The summed E-state index contributed by atoms with van der Waals surface area (Å²) < 4.78 is 11.0. The van der Waals surface area contributed by atoms with Crippen molar-refractivity contribution in [2.45, 2.75) is 39.0 Å². The number of ether oxygens (including phenoxy) is 2. The van der Waals surface area contributed by atoms with Crippen LogP contribution in [0.25, 0.3) is 0 Å². The third-order valence-electron chi connectivity index (χ3n) is 4.73. The van der Waals surface area contributed by atoms with Crippen LogP contribution < -0.4 is 10.1 Å². The summed E-state index contributed by atoms with van der Waals surface area (Å²) in [4.78, 5) is 23.7. The van der Waals surface area contributed by atoms with E-state index in [-0.39, 0.29) is 30.4 Å². The first kappa shape index (κ1) is 20.2. The molecular formula is C20H29NO5. The fourth-order valence-corrected chi connectivity index (χ4v) is 3.20. The van der Waals surface area contributed by atoms with Gasteiger partial charge in [-0.3, -0.25) is 9.59 Å². The predicted molar refractivity (Wildman–Crippen MR) is 98.3 cm³/mol. The molecule has 26 heavy (non-hydrogen) atoms. The molecule has 1 unspecified atom stereocenters. The molecule has 6 nitrogen and oxygen atoms in total. The maximum Gasteiger partial charge on any atom is 0.308 e. The van der Waals surface area contributed by atoms with Gasteiger partial charge in [0.25, 0.3) is 5.91 Å². The Morgan fingerprint density at radius 2 is 1.92 bits per heavy atom. The van der Waals surface area contributed by atoms with E-state index in [2.05, 4.69) is 26.1 Å². The number of carbonyl (C=O) groups is 2. The van der Waals surface area contributed by atoms with Crippen molar-refractivity contribution in [2.75, 3.05) is 26.4 Å². The van der Waals surface area contributed by atoms with E-state index < -0.39 is 11.9 Å². The first-order valence-corrected chi connectivity index (χ1v) is 9.08. The van der Waals surface area contributed by atoms with E-state index in [1.54, 1.807) is 0 Å². The lowest BCUT2D eigenvalue weighted by Gasteiger charge is -2.27. The number of para-hydroxylation sites is 1. The molecule has 1 fully saturated rings. The van der Waals surface area contributed by atoms with Gasteiger partial charge in [-0.05, 0) is 35.8 Å². The summed E-state index contributed by atoms with van der Waals surface area (Å²) in [6, 6.07) is 7.64. The number of nitrogens with one attached hydrogen (secondary N) is 1.